The summed E-state index contributed by atoms with van der Waals surface area (Å²) < 4.78 is 0. The van der Waals surface area contributed by atoms with Gasteiger partial charge in [0.1, 0.15) is 0 Å². The molecule has 2 aromatic carbocycles. The van der Waals surface area contributed by atoms with Crippen molar-refractivity contribution in [2.45, 2.75) is 26.2 Å². The first-order valence-corrected chi connectivity index (χ1v) is 6.58. The Morgan fingerprint density at radius 1 is 1.00 bits per heavy atom. The van der Waals surface area contributed by atoms with Crippen molar-refractivity contribution in [1.29, 1.82) is 0 Å². The van der Waals surface area contributed by atoms with Gasteiger partial charge in [0.15, 0.2) is 0 Å². The van der Waals surface area contributed by atoms with E-state index in [4.69, 9.17) is 5.73 Å². The summed E-state index contributed by atoms with van der Waals surface area (Å²) in [5.74, 6) is 0.528. The van der Waals surface area contributed by atoms with Gasteiger partial charge in [-0.3, -0.25) is 0 Å². The van der Waals surface area contributed by atoms with Gasteiger partial charge in [0.2, 0.25) is 0 Å². The van der Waals surface area contributed by atoms with Crippen molar-refractivity contribution < 1.29 is 0 Å². The highest BCUT2D eigenvalue weighted by Gasteiger charge is 2.06. The second-order valence-corrected chi connectivity index (χ2v) is 4.97. The smallest absolute Gasteiger partial charge is 0.00715 e. The zero-order valence-electron chi connectivity index (χ0n) is 11.2. The number of rotatable bonds is 4. The quantitative estimate of drug-likeness (QED) is 0.853. The number of benzene rings is 2. The Morgan fingerprint density at radius 2 is 1.67 bits per heavy atom. The lowest BCUT2D eigenvalue weighted by Crippen LogP contribution is -2.04. The van der Waals surface area contributed by atoms with Gasteiger partial charge in [-0.15, -0.1) is 0 Å². The van der Waals surface area contributed by atoms with Crippen LogP contribution in [0.4, 0.5) is 0 Å². The van der Waals surface area contributed by atoms with E-state index >= 15 is 0 Å². The summed E-state index contributed by atoms with van der Waals surface area (Å²) in [5, 5.41) is 0. The van der Waals surface area contributed by atoms with Crippen LogP contribution in [0.25, 0.3) is 11.1 Å². The molecule has 1 unspecified atom stereocenters. The summed E-state index contributed by atoms with van der Waals surface area (Å²) in [5.41, 5.74) is 10.9. The Labute approximate surface area is 110 Å². The maximum atomic E-state index is 5.64. The second-order valence-electron chi connectivity index (χ2n) is 4.97. The van der Waals surface area contributed by atoms with E-state index in [0.717, 1.165) is 13.0 Å². The van der Waals surface area contributed by atoms with E-state index in [1.807, 2.05) is 0 Å². The van der Waals surface area contributed by atoms with Crippen molar-refractivity contribution in [1.82, 2.24) is 0 Å². The molecular weight excluding hydrogens is 218 g/mol. The second kappa shape index (κ2) is 5.83. The summed E-state index contributed by atoms with van der Waals surface area (Å²) >= 11 is 0. The molecule has 94 valence electrons. The standard InChI is InChI=1S/C17H21N/c1-13-5-3-7-16(11-13)17-8-4-6-15(12-17)14(2)9-10-18/h3-8,11-12,14H,9-10,18H2,1-2H3. The fraction of sp³-hybridized carbons (Fsp3) is 0.294. The molecular formula is C17H21N. The van der Waals surface area contributed by atoms with E-state index in [1.165, 1.54) is 22.3 Å². The van der Waals surface area contributed by atoms with Gasteiger partial charge in [0, 0.05) is 0 Å². The molecule has 0 aliphatic carbocycles. The first kappa shape index (κ1) is 12.8. The van der Waals surface area contributed by atoms with Gasteiger partial charge in [0.25, 0.3) is 0 Å². The number of nitrogens with two attached hydrogens (primary N) is 1. The molecule has 0 saturated heterocycles. The topological polar surface area (TPSA) is 26.0 Å². The molecule has 0 aliphatic heterocycles. The minimum absolute atomic E-state index is 0.528. The molecule has 0 bridgehead atoms. The van der Waals surface area contributed by atoms with Crippen LogP contribution in [-0.4, -0.2) is 6.54 Å². The van der Waals surface area contributed by atoms with Crippen LogP contribution in [-0.2, 0) is 0 Å². The highest BCUT2D eigenvalue weighted by molar-refractivity contribution is 5.65. The van der Waals surface area contributed by atoms with Crippen LogP contribution >= 0.6 is 0 Å². The van der Waals surface area contributed by atoms with Gasteiger partial charge in [-0.2, -0.15) is 0 Å². The molecule has 2 aromatic rings. The fourth-order valence-corrected chi connectivity index (χ4v) is 2.27. The highest BCUT2D eigenvalue weighted by Crippen LogP contribution is 2.25. The Hall–Kier alpha value is -1.60. The maximum absolute atomic E-state index is 5.64. The third-order valence-electron chi connectivity index (χ3n) is 3.41. The van der Waals surface area contributed by atoms with Gasteiger partial charge in [0.05, 0.1) is 0 Å². The summed E-state index contributed by atoms with van der Waals surface area (Å²) in [6.07, 6.45) is 1.04. The molecule has 0 aliphatic rings. The molecule has 0 aromatic heterocycles. The number of hydrogen-bond acceptors (Lipinski definition) is 1. The zero-order valence-corrected chi connectivity index (χ0v) is 11.2. The van der Waals surface area contributed by atoms with E-state index in [-0.39, 0.29) is 0 Å². The molecule has 1 nitrogen and oxygen atoms in total. The fourth-order valence-electron chi connectivity index (χ4n) is 2.27. The third-order valence-corrected chi connectivity index (χ3v) is 3.41. The van der Waals surface area contributed by atoms with E-state index in [1.54, 1.807) is 0 Å². The number of hydrogen-bond donors (Lipinski definition) is 1. The SMILES string of the molecule is Cc1cccc(-c2cccc(C(C)CCN)c2)c1. The van der Waals surface area contributed by atoms with Gasteiger partial charge >= 0.3 is 0 Å². The summed E-state index contributed by atoms with van der Waals surface area (Å²) in [4.78, 5) is 0. The monoisotopic (exact) mass is 239 g/mol. The highest BCUT2D eigenvalue weighted by atomic mass is 14.5. The summed E-state index contributed by atoms with van der Waals surface area (Å²) in [6.45, 7) is 5.11. The van der Waals surface area contributed by atoms with E-state index in [2.05, 4.69) is 62.4 Å². The molecule has 2 rings (SSSR count). The van der Waals surface area contributed by atoms with Crippen LogP contribution in [0.5, 0.6) is 0 Å². The summed E-state index contributed by atoms with van der Waals surface area (Å²) in [6, 6.07) is 17.4. The molecule has 1 heteroatoms. The molecule has 0 amide bonds. The molecule has 0 spiro atoms. The van der Waals surface area contributed by atoms with Gasteiger partial charge in [-0.25, -0.2) is 0 Å². The first-order valence-electron chi connectivity index (χ1n) is 6.58. The van der Waals surface area contributed by atoms with Crippen molar-refractivity contribution in [3.8, 4) is 11.1 Å². The number of aryl methyl sites for hydroxylation is 1. The maximum Gasteiger partial charge on any atom is -0.00715 e. The van der Waals surface area contributed by atoms with Crippen molar-refractivity contribution in [3.05, 3.63) is 59.7 Å². The molecule has 2 N–H and O–H groups in total. The largest absolute Gasteiger partial charge is 0.330 e. The molecule has 18 heavy (non-hydrogen) atoms. The average molecular weight is 239 g/mol. The molecule has 0 heterocycles. The minimum Gasteiger partial charge on any atom is -0.330 e. The molecule has 0 fully saturated rings. The van der Waals surface area contributed by atoms with Crippen molar-refractivity contribution in [2.24, 2.45) is 5.73 Å². The van der Waals surface area contributed by atoms with Gasteiger partial charge in [-0.1, -0.05) is 61.0 Å². The van der Waals surface area contributed by atoms with E-state index < -0.39 is 0 Å². The zero-order chi connectivity index (χ0) is 13.0. The first-order chi connectivity index (χ1) is 8.70. The van der Waals surface area contributed by atoms with E-state index in [0.29, 0.717) is 5.92 Å². The van der Waals surface area contributed by atoms with Crippen LogP contribution in [0.15, 0.2) is 48.5 Å². The van der Waals surface area contributed by atoms with Crippen molar-refractivity contribution >= 4 is 0 Å². The van der Waals surface area contributed by atoms with Crippen LogP contribution < -0.4 is 5.73 Å². The lowest BCUT2D eigenvalue weighted by molar-refractivity contribution is 0.690. The van der Waals surface area contributed by atoms with E-state index in [9.17, 15) is 0 Å². The average Bonchev–Trinajstić information content (AvgIpc) is 2.39. The molecule has 0 saturated carbocycles. The Bertz CT molecular complexity index is 517. The molecule has 1 atom stereocenters. The van der Waals surface area contributed by atoms with Crippen LogP contribution in [0.2, 0.25) is 0 Å². The Kier molecular flexibility index (Phi) is 4.16. The van der Waals surface area contributed by atoms with Crippen LogP contribution in [0.1, 0.15) is 30.4 Å². The van der Waals surface area contributed by atoms with Crippen molar-refractivity contribution in [3.63, 3.8) is 0 Å². The predicted molar refractivity (Wildman–Crippen MR) is 78.7 cm³/mol. The normalized spacial score (nSPS) is 12.4. The lowest BCUT2D eigenvalue weighted by Gasteiger charge is -2.12. The lowest BCUT2D eigenvalue weighted by atomic mass is 9.94. The van der Waals surface area contributed by atoms with Gasteiger partial charge < -0.3 is 5.73 Å². The molecule has 0 radical (unpaired) electrons. The van der Waals surface area contributed by atoms with Crippen LogP contribution in [0.3, 0.4) is 0 Å². The van der Waals surface area contributed by atoms with Crippen LogP contribution in [0, 0.1) is 6.92 Å². The third kappa shape index (κ3) is 2.99. The minimum atomic E-state index is 0.528. The van der Waals surface area contributed by atoms with Gasteiger partial charge in [-0.05, 0) is 42.5 Å². The van der Waals surface area contributed by atoms with Crippen molar-refractivity contribution in [2.75, 3.05) is 6.54 Å². The summed E-state index contributed by atoms with van der Waals surface area (Å²) in [7, 11) is 0. The Balaban J connectivity index is 2.32. The Morgan fingerprint density at radius 3 is 2.33 bits per heavy atom. The predicted octanol–water partition coefficient (Wildman–Crippen LogP) is 4.11.